The summed E-state index contributed by atoms with van der Waals surface area (Å²) in [6, 6.07) is 5.03. The minimum atomic E-state index is -0.966. The molecule has 0 spiro atoms. The first-order valence-corrected chi connectivity index (χ1v) is 5.86. The molecule has 2 N–H and O–H groups in total. The number of imidazole rings is 1. The number of aromatic carboxylic acids is 1. The Bertz CT molecular complexity index is 577. The summed E-state index contributed by atoms with van der Waals surface area (Å²) >= 11 is 0. The zero-order chi connectivity index (χ0) is 13.3. The van der Waals surface area contributed by atoms with Crippen LogP contribution >= 0.6 is 0 Å². The molecule has 18 heavy (non-hydrogen) atoms. The summed E-state index contributed by atoms with van der Waals surface area (Å²) in [6.07, 6.45) is 1.63. The van der Waals surface area contributed by atoms with Gasteiger partial charge in [-0.05, 0) is 25.0 Å². The number of benzene rings is 1. The Hall–Kier alpha value is -1.88. The van der Waals surface area contributed by atoms with Gasteiger partial charge in [0.1, 0.15) is 0 Å². The third-order valence-corrected chi connectivity index (χ3v) is 3.37. The van der Waals surface area contributed by atoms with Crippen LogP contribution in [-0.4, -0.2) is 32.3 Å². The van der Waals surface area contributed by atoms with Crippen molar-refractivity contribution in [1.82, 2.24) is 9.55 Å². The summed E-state index contributed by atoms with van der Waals surface area (Å²) in [5.74, 6) is -0.935. The Kier molecular flexibility index (Phi) is 3.34. The first-order valence-electron chi connectivity index (χ1n) is 5.86. The number of aliphatic hydroxyl groups is 1. The number of rotatable bonds is 4. The average Bonchev–Trinajstić information content (AvgIpc) is 2.80. The van der Waals surface area contributed by atoms with E-state index in [2.05, 4.69) is 4.98 Å². The highest BCUT2D eigenvalue weighted by molar-refractivity contribution is 6.01. The molecule has 1 aromatic heterocycles. The Morgan fingerprint density at radius 2 is 2.17 bits per heavy atom. The smallest absolute Gasteiger partial charge is 0.337 e. The molecule has 5 heteroatoms. The highest BCUT2D eigenvalue weighted by Crippen LogP contribution is 2.25. The van der Waals surface area contributed by atoms with Crippen molar-refractivity contribution in [3.05, 3.63) is 30.1 Å². The molecule has 96 valence electrons. The zero-order valence-corrected chi connectivity index (χ0v) is 10.4. The molecule has 1 aromatic carbocycles. The number of fused-ring (bicyclic) bond motifs is 1. The van der Waals surface area contributed by atoms with Crippen molar-refractivity contribution in [2.24, 2.45) is 5.92 Å². The van der Waals surface area contributed by atoms with Crippen LogP contribution < -0.4 is 0 Å². The zero-order valence-electron chi connectivity index (χ0n) is 10.4. The molecule has 0 aliphatic carbocycles. The molecule has 0 aliphatic rings. The second kappa shape index (κ2) is 4.78. The maximum absolute atomic E-state index is 11.2. The minimum absolute atomic E-state index is 0.0134. The molecule has 0 bridgehead atoms. The van der Waals surface area contributed by atoms with Crippen LogP contribution in [-0.2, 0) is 0 Å². The minimum Gasteiger partial charge on any atom is -0.478 e. The fourth-order valence-corrected chi connectivity index (χ4v) is 2.00. The van der Waals surface area contributed by atoms with Crippen LogP contribution in [0.25, 0.3) is 11.0 Å². The molecule has 0 saturated heterocycles. The molecule has 0 radical (unpaired) electrons. The first kappa shape index (κ1) is 12.6. The largest absolute Gasteiger partial charge is 0.478 e. The predicted octanol–water partition coefficient (Wildman–Crippen LogP) is 1.92. The van der Waals surface area contributed by atoms with Gasteiger partial charge in [0.2, 0.25) is 0 Å². The Balaban J connectivity index is 2.62. The van der Waals surface area contributed by atoms with E-state index < -0.39 is 5.97 Å². The number of hydrogen-bond acceptors (Lipinski definition) is 3. The topological polar surface area (TPSA) is 75.3 Å². The number of nitrogens with zero attached hydrogens (tertiary/aromatic N) is 2. The van der Waals surface area contributed by atoms with E-state index in [0.717, 1.165) is 0 Å². The van der Waals surface area contributed by atoms with E-state index in [1.54, 1.807) is 24.5 Å². The van der Waals surface area contributed by atoms with E-state index in [4.69, 9.17) is 0 Å². The molecule has 2 unspecified atom stereocenters. The quantitative estimate of drug-likeness (QED) is 0.866. The van der Waals surface area contributed by atoms with Gasteiger partial charge in [-0.2, -0.15) is 0 Å². The van der Waals surface area contributed by atoms with Gasteiger partial charge in [0.15, 0.2) is 0 Å². The van der Waals surface area contributed by atoms with Gasteiger partial charge in [0.25, 0.3) is 0 Å². The molecule has 2 rings (SSSR count). The Morgan fingerprint density at radius 1 is 1.44 bits per heavy atom. The lowest BCUT2D eigenvalue weighted by Crippen LogP contribution is -2.17. The van der Waals surface area contributed by atoms with Crippen molar-refractivity contribution in [2.45, 2.75) is 19.9 Å². The molecule has 1 heterocycles. The normalized spacial score (nSPS) is 14.6. The number of carboxylic acids is 1. The van der Waals surface area contributed by atoms with Gasteiger partial charge in [0.05, 0.1) is 22.9 Å². The van der Waals surface area contributed by atoms with Crippen LogP contribution in [0.1, 0.15) is 30.2 Å². The molecular weight excluding hydrogens is 232 g/mol. The monoisotopic (exact) mass is 248 g/mol. The number of para-hydroxylation sites is 1. The predicted molar refractivity (Wildman–Crippen MR) is 67.7 cm³/mol. The van der Waals surface area contributed by atoms with Crippen molar-refractivity contribution >= 4 is 17.0 Å². The van der Waals surface area contributed by atoms with Crippen molar-refractivity contribution in [3.8, 4) is 0 Å². The third kappa shape index (κ3) is 1.97. The summed E-state index contributed by atoms with van der Waals surface area (Å²) in [4.78, 5) is 15.5. The van der Waals surface area contributed by atoms with Gasteiger partial charge < -0.3 is 14.8 Å². The van der Waals surface area contributed by atoms with E-state index in [-0.39, 0.29) is 24.1 Å². The second-order valence-electron chi connectivity index (χ2n) is 4.53. The molecular formula is C13H16N2O3. The summed E-state index contributed by atoms with van der Waals surface area (Å²) in [5.41, 5.74) is 1.51. The summed E-state index contributed by atoms with van der Waals surface area (Å²) < 4.78 is 1.82. The van der Waals surface area contributed by atoms with Gasteiger partial charge in [0, 0.05) is 12.6 Å². The maximum atomic E-state index is 11.2. The Morgan fingerprint density at radius 3 is 2.78 bits per heavy atom. The van der Waals surface area contributed by atoms with Crippen LogP contribution in [0.5, 0.6) is 0 Å². The molecule has 0 saturated carbocycles. The molecule has 2 atom stereocenters. The van der Waals surface area contributed by atoms with E-state index in [0.29, 0.717) is 11.0 Å². The van der Waals surface area contributed by atoms with E-state index >= 15 is 0 Å². The molecule has 5 nitrogen and oxygen atoms in total. The van der Waals surface area contributed by atoms with Crippen LogP contribution in [0.4, 0.5) is 0 Å². The maximum Gasteiger partial charge on any atom is 0.337 e. The lowest BCUT2D eigenvalue weighted by atomic mass is 10.0. The summed E-state index contributed by atoms with van der Waals surface area (Å²) in [5, 5.41) is 18.4. The highest BCUT2D eigenvalue weighted by atomic mass is 16.4. The summed E-state index contributed by atoms with van der Waals surface area (Å²) in [6.45, 7) is 3.91. The molecule has 0 amide bonds. The number of carbonyl (C=O) groups is 1. The SMILES string of the molecule is CC(CO)C(C)n1cnc2cccc(C(=O)O)c21. The fourth-order valence-electron chi connectivity index (χ4n) is 2.00. The van der Waals surface area contributed by atoms with Crippen LogP contribution in [0.15, 0.2) is 24.5 Å². The van der Waals surface area contributed by atoms with Crippen LogP contribution in [0.3, 0.4) is 0 Å². The number of hydrogen-bond donors (Lipinski definition) is 2. The number of aliphatic hydroxyl groups excluding tert-OH is 1. The van der Waals surface area contributed by atoms with Gasteiger partial charge in [-0.1, -0.05) is 13.0 Å². The van der Waals surface area contributed by atoms with E-state index in [1.165, 1.54) is 0 Å². The number of carboxylic acid groups (broad SMARTS) is 1. The fraction of sp³-hybridized carbons (Fsp3) is 0.385. The van der Waals surface area contributed by atoms with Gasteiger partial charge in [-0.15, -0.1) is 0 Å². The van der Waals surface area contributed by atoms with Gasteiger partial charge in [-0.3, -0.25) is 0 Å². The first-order chi connectivity index (χ1) is 8.56. The molecule has 2 aromatic rings. The van der Waals surface area contributed by atoms with Crippen molar-refractivity contribution in [1.29, 1.82) is 0 Å². The Labute approximate surface area is 105 Å². The standard InChI is InChI=1S/C13H16N2O3/c1-8(6-16)9(2)15-7-14-11-5-3-4-10(12(11)15)13(17)18/h3-5,7-9,16H,6H2,1-2H3,(H,17,18). The van der Waals surface area contributed by atoms with E-state index in [9.17, 15) is 15.0 Å². The molecule has 0 fully saturated rings. The third-order valence-electron chi connectivity index (χ3n) is 3.37. The van der Waals surface area contributed by atoms with Crippen molar-refractivity contribution in [3.63, 3.8) is 0 Å². The molecule has 0 aliphatic heterocycles. The van der Waals surface area contributed by atoms with Crippen molar-refractivity contribution < 1.29 is 15.0 Å². The lowest BCUT2D eigenvalue weighted by Gasteiger charge is -2.20. The van der Waals surface area contributed by atoms with Crippen molar-refractivity contribution in [2.75, 3.05) is 6.61 Å². The average molecular weight is 248 g/mol. The van der Waals surface area contributed by atoms with Gasteiger partial charge in [-0.25, -0.2) is 9.78 Å². The van der Waals surface area contributed by atoms with Crippen LogP contribution in [0.2, 0.25) is 0 Å². The second-order valence-corrected chi connectivity index (χ2v) is 4.53. The highest BCUT2D eigenvalue weighted by Gasteiger charge is 2.19. The summed E-state index contributed by atoms with van der Waals surface area (Å²) in [7, 11) is 0. The van der Waals surface area contributed by atoms with E-state index in [1.807, 2.05) is 18.4 Å². The lowest BCUT2D eigenvalue weighted by molar-refractivity contribution is 0.0698. The van der Waals surface area contributed by atoms with Crippen LogP contribution in [0, 0.1) is 5.92 Å². The number of aromatic nitrogens is 2. The van der Waals surface area contributed by atoms with Gasteiger partial charge >= 0.3 is 5.97 Å².